The van der Waals surface area contributed by atoms with Gasteiger partial charge in [-0.2, -0.15) is 5.10 Å². The van der Waals surface area contributed by atoms with Crippen LogP contribution in [0.15, 0.2) is 64.6 Å². The second-order valence-electron chi connectivity index (χ2n) is 7.77. The Morgan fingerprint density at radius 2 is 1.60 bits per heavy atom. The molecule has 0 aliphatic carbocycles. The summed E-state index contributed by atoms with van der Waals surface area (Å²) in [5.41, 5.74) is 3.91. The number of hydrogen-bond acceptors (Lipinski definition) is 7. The van der Waals surface area contributed by atoms with Crippen LogP contribution < -0.4 is 16.0 Å². The molecular formula is C24H23N7O3S. The number of amides is 2. The number of carboxylic acid groups (broad SMARTS) is 1. The van der Waals surface area contributed by atoms with Crippen LogP contribution >= 0.6 is 11.8 Å². The predicted molar refractivity (Wildman–Crippen MR) is 135 cm³/mol. The van der Waals surface area contributed by atoms with Crippen LogP contribution in [0.3, 0.4) is 0 Å². The van der Waals surface area contributed by atoms with Gasteiger partial charge in [0.05, 0.1) is 11.3 Å². The third kappa shape index (κ3) is 6.36. The van der Waals surface area contributed by atoms with Gasteiger partial charge in [-0.15, -0.1) is 0 Å². The van der Waals surface area contributed by atoms with Gasteiger partial charge in [-0.1, -0.05) is 0 Å². The van der Waals surface area contributed by atoms with Crippen molar-refractivity contribution in [3.05, 3.63) is 77.1 Å². The number of urea groups is 1. The quantitative estimate of drug-likeness (QED) is 0.218. The van der Waals surface area contributed by atoms with Crippen LogP contribution in [0.2, 0.25) is 0 Å². The summed E-state index contributed by atoms with van der Waals surface area (Å²) in [6.07, 6.45) is 0. The number of aromatic carboxylic acids is 1. The van der Waals surface area contributed by atoms with E-state index < -0.39 is 12.0 Å². The number of carbonyl (C=O) groups is 2. The van der Waals surface area contributed by atoms with Crippen molar-refractivity contribution in [2.24, 2.45) is 0 Å². The Hall–Kier alpha value is -4.38. The molecule has 35 heavy (non-hydrogen) atoms. The lowest BCUT2D eigenvalue weighted by atomic mass is 10.2. The van der Waals surface area contributed by atoms with Gasteiger partial charge in [0.1, 0.15) is 11.6 Å². The van der Waals surface area contributed by atoms with Crippen molar-refractivity contribution in [3.8, 4) is 0 Å². The largest absolute Gasteiger partial charge is 0.478 e. The number of benzene rings is 2. The number of aryl methyl sites for hydroxylation is 3. The van der Waals surface area contributed by atoms with E-state index in [4.69, 9.17) is 5.11 Å². The van der Waals surface area contributed by atoms with Crippen molar-refractivity contribution >= 4 is 46.8 Å². The Morgan fingerprint density at radius 3 is 2.26 bits per heavy atom. The number of aromatic amines is 1. The van der Waals surface area contributed by atoms with Crippen molar-refractivity contribution in [1.82, 2.24) is 20.2 Å². The van der Waals surface area contributed by atoms with Crippen molar-refractivity contribution < 1.29 is 14.7 Å². The van der Waals surface area contributed by atoms with Gasteiger partial charge in [0.2, 0.25) is 0 Å². The molecule has 0 atom stereocenters. The first-order valence-electron chi connectivity index (χ1n) is 10.6. The maximum absolute atomic E-state index is 12.3. The molecule has 0 unspecified atom stereocenters. The van der Waals surface area contributed by atoms with E-state index in [0.717, 1.165) is 27.7 Å². The molecule has 2 heterocycles. The summed E-state index contributed by atoms with van der Waals surface area (Å²) in [5.74, 6) is 0.387. The summed E-state index contributed by atoms with van der Waals surface area (Å²) in [7, 11) is 0. The molecule has 178 valence electrons. The van der Waals surface area contributed by atoms with Gasteiger partial charge in [0, 0.05) is 34.1 Å². The molecule has 11 heteroatoms. The zero-order valence-electron chi connectivity index (χ0n) is 19.2. The van der Waals surface area contributed by atoms with Crippen molar-refractivity contribution in [2.75, 3.05) is 16.0 Å². The number of hydrogen-bond donors (Lipinski definition) is 5. The van der Waals surface area contributed by atoms with Crippen molar-refractivity contribution in [2.45, 2.75) is 30.8 Å². The van der Waals surface area contributed by atoms with Gasteiger partial charge in [0.25, 0.3) is 0 Å². The summed E-state index contributed by atoms with van der Waals surface area (Å²) in [6.45, 7) is 5.75. The maximum atomic E-state index is 12.3. The SMILES string of the molecule is Cc1cc(Nc2cc(C)nc(Sc3ccc(NC(=O)Nc4ccc(C(=O)O)cc4)cc3C)n2)[nH]n1. The monoisotopic (exact) mass is 489 g/mol. The Bertz CT molecular complexity index is 1390. The van der Waals surface area contributed by atoms with Crippen molar-refractivity contribution in [3.63, 3.8) is 0 Å². The summed E-state index contributed by atoms with van der Waals surface area (Å²) >= 11 is 1.43. The molecule has 10 nitrogen and oxygen atoms in total. The number of carbonyl (C=O) groups excluding carboxylic acids is 1. The Labute approximate surface area is 205 Å². The van der Waals surface area contributed by atoms with Crippen molar-refractivity contribution in [1.29, 1.82) is 0 Å². The van der Waals surface area contributed by atoms with Crippen LogP contribution in [0.5, 0.6) is 0 Å². The molecule has 0 aliphatic heterocycles. The highest BCUT2D eigenvalue weighted by molar-refractivity contribution is 7.99. The zero-order valence-corrected chi connectivity index (χ0v) is 20.0. The first kappa shape index (κ1) is 23.8. The van der Waals surface area contributed by atoms with Crippen LogP contribution in [0.4, 0.5) is 27.8 Å². The highest BCUT2D eigenvalue weighted by atomic mass is 32.2. The molecule has 0 aliphatic rings. The number of nitrogens with one attached hydrogen (secondary N) is 4. The first-order valence-corrected chi connectivity index (χ1v) is 11.4. The third-order valence-electron chi connectivity index (χ3n) is 4.83. The highest BCUT2D eigenvalue weighted by Crippen LogP contribution is 2.31. The molecule has 2 aromatic heterocycles. The van der Waals surface area contributed by atoms with E-state index in [2.05, 4.69) is 36.1 Å². The molecule has 2 amide bonds. The first-order chi connectivity index (χ1) is 16.7. The molecule has 0 radical (unpaired) electrons. The van der Waals surface area contributed by atoms with Gasteiger partial charge in [-0.3, -0.25) is 5.10 Å². The molecule has 0 spiro atoms. The van der Waals surface area contributed by atoms with E-state index in [1.54, 1.807) is 6.07 Å². The number of aromatic nitrogens is 4. The van der Waals surface area contributed by atoms with Gasteiger partial charge in [0.15, 0.2) is 5.16 Å². The molecule has 0 saturated carbocycles. The second-order valence-corrected chi connectivity index (χ2v) is 8.78. The van der Waals surface area contributed by atoms with E-state index in [-0.39, 0.29) is 5.56 Å². The van der Waals surface area contributed by atoms with Gasteiger partial charge >= 0.3 is 12.0 Å². The molecule has 5 N–H and O–H groups in total. The number of anilines is 4. The molecule has 4 rings (SSSR count). The lowest BCUT2D eigenvalue weighted by molar-refractivity contribution is 0.0697. The van der Waals surface area contributed by atoms with E-state index in [1.165, 1.54) is 36.0 Å². The Kier molecular flexibility index (Phi) is 6.97. The zero-order chi connectivity index (χ0) is 24.9. The topological polar surface area (TPSA) is 145 Å². The lowest BCUT2D eigenvalue weighted by Crippen LogP contribution is -2.19. The fraction of sp³-hybridized carbons (Fsp3) is 0.125. The van der Waals surface area contributed by atoms with Crippen LogP contribution in [0.1, 0.15) is 27.3 Å². The fourth-order valence-corrected chi connectivity index (χ4v) is 4.09. The van der Waals surface area contributed by atoms with E-state index in [9.17, 15) is 9.59 Å². The molecule has 0 bridgehead atoms. The van der Waals surface area contributed by atoms with E-state index in [0.29, 0.717) is 22.3 Å². The third-order valence-corrected chi connectivity index (χ3v) is 5.87. The van der Waals surface area contributed by atoms with Crippen LogP contribution in [-0.4, -0.2) is 37.3 Å². The fourth-order valence-electron chi connectivity index (χ4n) is 3.20. The minimum atomic E-state index is -1.02. The Balaban J connectivity index is 1.40. The van der Waals surface area contributed by atoms with Crippen LogP contribution in [0, 0.1) is 20.8 Å². The average Bonchev–Trinajstić information content (AvgIpc) is 3.20. The predicted octanol–water partition coefficient (Wildman–Crippen LogP) is 5.36. The second kappa shape index (κ2) is 10.3. The van der Waals surface area contributed by atoms with E-state index in [1.807, 2.05) is 45.0 Å². The molecule has 0 saturated heterocycles. The number of nitrogens with zero attached hydrogens (tertiary/aromatic N) is 3. The summed E-state index contributed by atoms with van der Waals surface area (Å²) in [5, 5.41) is 25.2. The molecule has 0 fully saturated rings. The van der Waals surface area contributed by atoms with Gasteiger partial charge < -0.3 is 21.1 Å². The number of carboxylic acids is 1. The Morgan fingerprint density at radius 1 is 0.886 bits per heavy atom. The lowest BCUT2D eigenvalue weighted by Gasteiger charge is -2.11. The van der Waals surface area contributed by atoms with Crippen LogP contribution in [-0.2, 0) is 0 Å². The van der Waals surface area contributed by atoms with Gasteiger partial charge in [-0.25, -0.2) is 19.6 Å². The number of H-pyrrole nitrogens is 1. The summed E-state index contributed by atoms with van der Waals surface area (Å²) < 4.78 is 0. The molecule has 2 aromatic carbocycles. The summed E-state index contributed by atoms with van der Waals surface area (Å²) in [4.78, 5) is 33.3. The van der Waals surface area contributed by atoms with E-state index >= 15 is 0 Å². The minimum absolute atomic E-state index is 0.150. The maximum Gasteiger partial charge on any atom is 0.335 e. The molecular weight excluding hydrogens is 466 g/mol. The molecule has 4 aromatic rings. The normalized spacial score (nSPS) is 10.6. The smallest absolute Gasteiger partial charge is 0.335 e. The average molecular weight is 490 g/mol. The van der Waals surface area contributed by atoms with Crippen LogP contribution in [0.25, 0.3) is 0 Å². The minimum Gasteiger partial charge on any atom is -0.478 e. The highest BCUT2D eigenvalue weighted by Gasteiger charge is 2.10. The number of rotatable bonds is 7. The standard InChI is InChI=1S/C24H23N7O3S/c1-13-10-18(27-23(34)26-17-6-4-16(5-7-17)22(32)33)8-9-19(13)35-24-25-14(2)11-20(29-24)28-21-12-15(3)30-31-21/h4-12H,1-3H3,(H,32,33)(H2,26,27,34)(H2,25,28,29,30,31). The van der Waals surface area contributed by atoms with Gasteiger partial charge in [-0.05, 0) is 80.6 Å². The summed E-state index contributed by atoms with van der Waals surface area (Å²) in [6, 6.07) is 14.8.